The van der Waals surface area contributed by atoms with E-state index in [0.717, 1.165) is 23.2 Å². The van der Waals surface area contributed by atoms with Crippen molar-refractivity contribution in [1.82, 2.24) is 29.7 Å². The lowest BCUT2D eigenvalue weighted by Gasteiger charge is -2.29. The third kappa shape index (κ3) is 2.85. The summed E-state index contributed by atoms with van der Waals surface area (Å²) in [6.45, 7) is 1.28. The number of aromatic nitrogens is 5. The first-order valence-corrected chi connectivity index (χ1v) is 7.98. The van der Waals surface area contributed by atoms with Gasteiger partial charge in [-0.2, -0.15) is 10.2 Å². The van der Waals surface area contributed by atoms with Crippen LogP contribution in [0.4, 0.5) is 0 Å². The Morgan fingerprint density at radius 3 is 3.00 bits per heavy atom. The van der Waals surface area contributed by atoms with E-state index in [1.54, 1.807) is 21.6 Å². The lowest BCUT2D eigenvalue weighted by atomic mass is 10.1. The fourth-order valence-corrected chi connectivity index (χ4v) is 2.91. The van der Waals surface area contributed by atoms with E-state index in [2.05, 4.69) is 20.5 Å². The molecule has 8 heteroatoms. The average Bonchev–Trinajstić information content (AvgIpc) is 3.23. The summed E-state index contributed by atoms with van der Waals surface area (Å²) in [6.07, 6.45) is 8.17. The molecular weight excluding hydrogens is 308 g/mol. The molecule has 4 heterocycles. The van der Waals surface area contributed by atoms with Gasteiger partial charge in [-0.05, 0) is 13.1 Å². The third-order valence-electron chi connectivity index (χ3n) is 4.21. The molecule has 0 bridgehead atoms. The lowest BCUT2D eigenvalue weighted by molar-refractivity contribution is -0.0108. The van der Waals surface area contributed by atoms with Gasteiger partial charge in [0.1, 0.15) is 11.6 Å². The van der Waals surface area contributed by atoms with Gasteiger partial charge in [-0.1, -0.05) is 0 Å². The molecular formula is C16H20N6O2. The van der Waals surface area contributed by atoms with Crippen LogP contribution in [0.2, 0.25) is 0 Å². The van der Waals surface area contributed by atoms with Crippen LogP contribution >= 0.6 is 0 Å². The van der Waals surface area contributed by atoms with E-state index in [4.69, 9.17) is 9.47 Å². The first-order valence-electron chi connectivity index (χ1n) is 7.98. The zero-order valence-electron chi connectivity index (χ0n) is 13.7. The molecule has 1 N–H and O–H groups in total. The molecule has 3 aromatic heterocycles. The number of ether oxygens (including phenoxy) is 2. The van der Waals surface area contributed by atoms with Crippen LogP contribution in [-0.2, 0) is 11.8 Å². The Balaban J connectivity index is 1.67. The standard InChI is InChI=1S/C16H20N6O2/c1-17-12-5-13(10-23-9-12)24-16-15-3-4-18-22(15)8-14(20-16)11-6-19-21(2)7-11/h3-4,6-8,12-13,17H,5,9-10H2,1-2H3/t12-,13+/m0/s1. The van der Waals surface area contributed by atoms with Gasteiger partial charge < -0.3 is 14.8 Å². The number of hydrogen-bond donors (Lipinski definition) is 1. The highest BCUT2D eigenvalue weighted by Gasteiger charge is 2.24. The van der Waals surface area contributed by atoms with Gasteiger partial charge in [-0.3, -0.25) is 4.68 Å². The van der Waals surface area contributed by atoms with Gasteiger partial charge in [0.2, 0.25) is 5.88 Å². The van der Waals surface area contributed by atoms with Crippen LogP contribution in [0, 0.1) is 0 Å². The molecule has 0 aromatic carbocycles. The molecule has 1 saturated heterocycles. The van der Waals surface area contributed by atoms with Gasteiger partial charge >= 0.3 is 0 Å². The summed E-state index contributed by atoms with van der Waals surface area (Å²) in [7, 11) is 3.82. The van der Waals surface area contributed by atoms with E-state index < -0.39 is 0 Å². The summed E-state index contributed by atoms with van der Waals surface area (Å²) in [6, 6.07) is 2.19. The van der Waals surface area contributed by atoms with Crippen LogP contribution in [0.5, 0.6) is 5.88 Å². The second-order valence-electron chi connectivity index (χ2n) is 5.99. The molecule has 8 nitrogen and oxygen atoms in total. The van der Waals surface area contributed by atoms with E-state index in [1.165, 1.54) is 0 Å². The Morgan fingerprint density at radius 1 is 1.29 bits per heavy atom. The van der Waals surface area contributed by atoms with Crippen molar-refractivity contribution < 1.29 is 9.47 Å². The van der Waals surface area contributed by atoms with Gasteiger partial charge in [-0.25, -0.2) is 9.50 Å². The van der Waals surface area contributed by atoms with Crippen molar-refractivity contribution in [3.63, 3.8) is 0 Å². The fourth-order valence-electron chi connectivity index (χ4n) is 2.91. The van der Waals surface area contributed by atoms with E-state index >= 15 is 0 Å². The molecule has 1 fully saturated rings. The van der Waals surface area contributed by atoms with Gasteiger partial charge in [0.05, 0.1) is 37.5 Å². The Labute approximate surface area is 139 Å². The van der Waals surface area contributed by atoms with Crippen LogP contribution in [0.15, 0.2) is 30.9 Å². The first kappa shape index (κ1) is 15.1. The predicted octanol–water partition coefficient (Wildman–Crippen LogP) is 0.885. The van der Waals surface area contributed by atoms with E-state index in [0.29, 0.717) is 25.1 Å². The number of aryl methyl sites for hydroxylation is 1. The maximum Gasteiger partial charge on any atom is 0.241 e. The van der Waals surface area contributed by atoms with Gasteiger partial charge in [0, 0.05) is 31.3 Å². The lowest BCUT2D eigenvalue weighted by Crippen LogP contribution is -2.43. The molecule has 0 aliphatic carbocycles. The Hall–Kier alpha value is -2.45. The Kier molecular flexibility index (Phi) is 3.91. The highest BCUT2D eigenvalue weighted by Crippen LogP contribution is 2.25. The zero-order valence-corrected chi connectivity index (χ0v) is 13.7. The monoisotopic (exact) mass is 328 g/mol. The second kappa shape index (κ2) is 6.21. The minimum absolute atomic E-state index is 0.0356. The summed E-state index contributed by atoms with van der Waals surface area (Å²) >= 11 is 0. The molecule has 0 amide bonds. The summed E-state index contributed by atoms with van der Waals surface area (Å²) in [4.78, 5) is 4.69. The van der Waals surface area contributed by atoms with Crippen LogP contribution < -0.4 is 10.1 Å². The second-order valence-corrected chi connectivity index (χ2v) is 5.99. The largest absolute Gasteiger partial charge is 0.470 e. The molecule has 4 rings (SSSR count). The molecule has 2 atom stereocenters. The molecule has 0 spiro atoms. The van der Waals surface area contributed by atoms with E-state index in [-0.39, 0.29) is 6.10 Å². The van der Waals surface area contributed by atoms with Crippen molar-refractivity contribution in [3.8, 4) is 17.1 Å². The van der Waals surface area contributed by atoms with E-state index in [9.17, 15) is 0 Å². The molecule has 126 valence electrons. The highest BCUT2D eigenvalue weighted by atomic mass is 16.5. The molecule has 24 heavy (non-hydrogen) atoms. The van der Waals surface area contributed by atoms with Crippen molar-refractivity contribution in [2.24, 2.45) is 7.05 Å². The number of hydrogen-bond acceptors (Lipinski definition) is 6. The number of fused-ring (bicyclic) bond motifs is 1. The van der Waals surface area contributed by atoms with Crippen molar-refractivity contribution in [3.05, 3.63) is 30.9 Å². The van der Waals surface area contributed by atoms with Crippen molar-refractivity contribution >= 4 is 5.52 Å². The maximum absolute atomic E-state index is 6.16. The first-order chi connectivity index (χ1) is 11.7. The maximum atomic E-state index is 6.16. The third-order valence-corrected chi connectivity index (χ3v) is 4.21. The molecule has 1 aliphatic rings. The smallest absolute Gasteiger partial charge is 0.241 e. The van der Waals surface area contributed by atoms with Crippen LogP contribution in [0.1, 0.15) is 6.42 Å². The van der Waals surface area contributed by atoms with Crippen LogP contribution in [0.25, 0.3) is 16.8 Å². The summed E-state index contributed by atoms with van der Waals surface area (Å²) in [5.41, 5.74) is 2.54. The normalized spacial score (nSPS) is 21.2. The van der Waals surface area contributed by atoms with Gasteiger partial charge in [-0.15, -0.1) is 0 Å². The topological polar surface area (TPSA) is 78.5 Å². The summed E-state index contributed by atoms with van der Waals surface area (Å²) in [5.74, 6) is 0.569. The SMILES string of the molecule is CN[C@@H]1COC[C@H](Oc2nc(-c3cnn(C)c3)cn3nccc23)C1. The number of nitrogens with one attached hydrogen (secondary N) is 1. The van der Waals surface area contributed by atoms with Crippen LogP contribution in [0.3, 0.4) is 0 Å². The van der Waals surface area contributed by atoms with Gasteiger partial charge in [0.15, 0.2) is 0 Å². The highest BCUT2D eigenvalue weighted by molar-refractivity contribution is 5.63. The van der Waals surface area contributed by atoms with Crippen molar-refractivity contribution in [1.29, 1.82) is 0 Å². The quantitative estimate of drug-likeness (QED) is 0.766. The average molecular weight is 328 g/mol. The predicted molar refractivity (Wildman–Crippen MR) is 87.9 cm³/mol. The minimum atomic E-state index is -0.0356. The molecule has 0 saturated carbocycles. The van der Waals surface area contributed by atoms with Crippen LogP contribution in [-0.4, -0.2) is 56.8 Å². The summed E-state index contributed by atoms with van der Waals surface area (Å²) in [5, 5.41) is 11.8. The number of nitrogens with zero attached hydrogens (tertiary/aromatic N) is 5. The van der Waals surface area contributed by atoms with Crippen molar-refractivity contribution in [2.75, 3.05) is 20.3 Å². The van der Waals surface area contributed by atoms with E-state index in [1.807, 2.05) is 32.6 Å². The van der Waals surface area contributed by atoms with Crippen molar-refractivity contribution in [2.45, 2.75) is 18.6 Å². The number of likely N-dealkylation sites (N-methyl/N-ethyl adjacent to an activating group) is 1. The zero-order chi connectivity index (χ0) is 16.5. The number of rotatable bonds is 4. The summed E-state index contributed by atoms with van der Waals surface area (Å²) < 4.78 is 15.3. The van der Waals surface area contributed by atoms with Gasteiger partial charge in [0.25, 0.3) is 0 Å². The fraction of sp³-hybridized carbons (Fsp3) is 0.438. The molecule has 1 aliphatic heterocycles. The minimum Gasteiger partial charge on any atom is -0.470 e. The Bertz CT molecular complexity index is 842. The Morgan fingerprint density at radius 2 is 2.21 bits per heavy atom. The molecule has 0 unspecified atom stereocenters. The molecule has 0 radical (unpaired) electrons. The molecule has 3 aromatic rings.